The summed E-state index contributed by atoms with van der Waals surface area (Å²) in [5.74, 6) is 0.839. The number of aromatic nitrogens is 2. The molecule has 176 valence electrons. The monoisotopic (exact) mass is 452 g/mol. The molecular weight excluding hydrogens is 420 g/mol. The molecule has 0 saturated carbocycles. The van der Waals surface area contributed by atoms with Crippen LogP contribution < -0.4 is 20.4 Å². The molecule has 0 aliphatic carbocycles. The lowest BCUT2D eigenvalue weighted by atomic mass is 9.90. The molecule has 2 N–H and O–H groups in total. The van der Waals surface area contributed by atoms with Gasteiger partial charge in [-0.15, -0.1) is 0 Å². The first kappa shape index (κ1) is 23.0. The van der Waals surface area contributed by atoms with E-state index in [0.29, 0.717) is 6.42 Å². The molecule has 0 spiro atoms. The van der Waals surface area contributed by atoms with E-state index >= 15 is 0 Å². The van der Waals surface area contributed by atoms with Crippen molar-refractivity contribution in [3.63, 3.8) is 0 Å². The Balaban J connectivity index is 1.64. The van der Waals surface area contributed by atoms with Crippen molar-refractivity contribution in [3.05, 3.63) is 36.2 Å². The van der Waals surface area contributed by atoms with Gasteiger partial charge >= 0.3 is 6.09 Å². The van der Waals surface area contributed by atoms with Crippen LogP contribution >= 0.6 is 0 Å². The van der Waals surface area contributed by atoms with Crippen LogP contribution in [-0.2, 0) is 9.53 Å². The summed E-state index contributed by atoms with van der Waals surface area (Å²) in [7, 11) is 0. The summed E-state index contributed by atoms with van der Waals surface area (Å²) in [6.07, 6.45) is 3.50. The molecule has 0 bridgehead atoms. The first-order valence-electron chi connectivity index (χ1n) is 11.5. The van der Waals surface area contributed by atoms with Gasteiger partial charge in [0.15, 0.2) is 0 Å². The zero-order valence-electron chi connectivity index (χ0n) is 19.7. The maximum Gasteiger partial charge on any atom is 0.407 e. The molecule has 2 aromatic rings. The fourth-order valence-corrected chi connectivity index (χ4v) is 4.56. The van der Waals surface area contributed by atoms with Crippen molar-refractivity contribution in [2.24, 2.45) is 0 Å². The average Bonchev–Trinajstić information content (AvgIpc) is 2.79. The number of amides is 2. The van der Waals surface area contributed by atoms with Crippen LogP contribution in [0.1, 0.15) is 45.7 Å². The predicted molar refractivity (Wildman–Crippen MR) is 127 cm³/mol. The summed E-state index contributed by atoms with van der Waals surface area (Å²) in [5.41, 5.74) is 3.29. The molecule has 1 aromatic heterocycles. The van der Waals surface area contributed by atoms with Crippen LogP contribution in [0.25, 0.3) is 11.3 Å². The van der Waals surface area contributed by atoms with Gasteiger partial charge in [-0.05, 0) is 44.9 Å². The smallest absolute Gasteiger partial charge is 0.407 e. The highest BCUT2D eigenvalue weighted by Gasteiger charge is 2.34. The molecule has 9 heteroatoms. The first-order valence-corrected chi connectivity index (χ1v) is 11.5. The maximum atomic E-state index is 12.4. The number of benzene rings is 1. The van der Waals surface area contributed by atoms with E-state index in [1.807, 2.05) is 39.0 Å². The molecule has 1 fully saturated rings. The predicted octanol–water partition coefficient (Wildman–Crippen LogP) is 2.87. The topological polar surface area (TPSA) is 99.7 Å². The van der Waals surface area contributed by atoms with Crippen molar-refractivity contribution in [1.82, 2.24) is 20.6 Å². The molecule has 3 heterocycles. The number of rotatable bonds is 4. The Bertz CT molecular complexity index is 1000. The number of ether oxygens (including phenoxy) is 1. The highest BCUT2D eigenvalue weighted by molar-refractivity contribution is 5.94. The van der Waals surface area contributed by atoms with E-state index in [0.717, 1.165) is 54.5 Å². The molecule has 2 aliphatic rings. The summed E-state index contributed by atoms with van der Waals surface area (Å²) in [4.78, 5) is 38.0. The number of hydrogen-bond donors (Lipinski definition) is 2. The van der Waals surface area contributed by atoms with Gasteiger partial charge in [-0.2, -0.15) is 0 Å². The van der Waals surface area contributed by atoms with Crippen LogP contribution in [0.5, 0.6) is 0 Å². The lowest BCUT2D eigenvalue weighted by molar-refractivity contribution is -0.117. The Kier molecular flexibility index (Phi) is 6.78. The van der Waals surface area contributed by atoms with Gasteiger partial charge in [0.1, 0.15) is 5.82 Å². The number of anilines is 2. The normalized spacial score (nSPS) is 20.4. The third-order valence-corrected chi connectivity index (χ3v) is 6.03. The van der Waals surface area contributed by atoms with E-state index in [2.05, 4.69) is 25.5 Å². The zero-order chi connectivity index (χ0) is 23.5. The van der Waals surface area contributed by atoms with E-state index in [4.69, 9.17) is 4.74 Å². The Morgan fingerprint density at radius 1 is 1.18 bits per heavy atom. The van der Waals surface area contributed by atoms with Crippen LogP contribution in [0.2, 0.25) is 0 Å². The minimum Gasteiger partial charge on any atom is -0.447 e. The molecule has 0 radical (unpaired) electrons. The van der Waals surface area contributed by atoms with Crippen LogP contribution in [-0.4, -0.2) is 60.3 Å². The van der Waals surface area contributed by atoms with Gasteiger partial charge in [-0.3, -0.25) is 9.78 Å². The molecule has 0 unspecified atom stereocenters. The summed E-state index contributed by atoms with van der Waals surface area (Å²) in [6, 6.07) is 5.54. The maximum absolute atomic E-state index is 12.4. The minimum atomic E-state index is -0.463. The number of fused-ring (bicyclic) bond motifs is 1. The van der Waals surface area contributed by atoms with Gasteiger partial charge in [0.05, 0.1) is 30.2 Å². The average molecular weight is 453 g/mol. The summed E-state index contributed by atoms with van der Waals surface area (Å²) in [6.45, 7) is 10.9. The minimum absolute atomic E-state index is 0.0279. The quantitative estimate of drug-likeness (QED) is 0.736. The van der Waals surface area contributed by atoms with Gasteiger partial charge in [0.2, 0.25) is 5.91 Å². The Morgan fingerprint density at radius 2 is 1.94 bits per heavy atom. The van der Waals surface area contributed by atoms with Gasteiger partial charge in [0, 0.05) is 50.4 Å². The fraction of sp³-hybridized carbons (Fsp3) is 0.500. The number of carbonyl (C=O) groups excluding carboxylic acids is 2. The number of nitrogens with one attached hydrogen (secondary N) is 2. The van der Waals surface area contributed by atoms with E-state index in [1.54, 1.807) is 24.2 Å². The number of hydrogen-bond acceptors (Lipinski definition) is 7. The van der Waals surface area contributed by atoms with Crippen molar-refractivity contribution < 1.29 is 14.3 Å². The lowest BCUT2D eigenvalue weighted by Crippen LogP contribution is -2.45. The lowest BCUT2D eigenvalue weighted by Gasteiger charge is -2.39. The largest absolute Gasteiger partial charge is 0.447 e. The van der Waals surface area contributed by atoms with Crippen molar-refractivity contribution >= 4 is 23.5 Å². The molecule has 2 aliphatic heterocycles. The highest BCUT2D eigenvalue weighted by Crippen LogP contribution is 2.39. The molecule has 1 saturated heterocycles. The first-order chi connectivity index (χ1) is 15.8. The Hall–Kier alpha value is -3.20. The van der Waals surface area contributed by atoms with Gasteiger partial charge in [-0.25, -0.2) is 9.78 Å². The standard InChI is InChI=1S/C24H32N6O3/c1-15(2)33-24(32)28-20-11-16(3)30(17(4)31)22-6-5-18(12-19(20)22)21-13-27-23(14-26-21)29-9-7-25-8-10-29/h5-6,12-16,20,25H,7-11H2,1-4H3,(H,28,32)/t16-,20+/m0/s1. The molecule has 4 rings (SSSR count). The van der Waals surface area contributed by atoms with Crippen molar-refractivity contribution in [3.8, 4) is 11.3 Å². The number of alkyl carbamates (subject to hydrolysis) is 1. The van der Waals surface area contributed by atoms with Crippen LogP contribution in [0, 0.1) is 0 Å². The second-order valence-electron chi connectivity index (χ2n) is 8.90. The van der Waals surface area contributed by atoms with E-state index in [9.17, 15) is 9.59 Å². The molecule has 2 amide bonds. The van der Waals surface area contributed by atoms with Crippen LogP contribution in [0.4, 0.5) is 16.3 Å². The third-order valence-electron chi connectivity index (χ3n) is 6.03. The van der Waals surface area contributed by atoms with Gasteiger partial charge in [-0.1, -0.05) is 6.07 Å². The second-order valence-corrected chi connectivity index (χ2v) is 8.90. The molecular formula is C24H32N6O3. The van der Waals surface area contributed by atoms with E-state index < -0.39 is 6.09 Å². The van der Waals surface area contributed by atoms with E-state index in [1.165, 1.54) is 0 Å². The number of carbonyl (C=O) groups is 2. The Labute approximate surface area is 194 Å². The van der Waals surface area contributed by atoms with Crippen LogP contribution in [0.3, 0.4) is 0 Å². The summed E-state index contributed by atoms with van der Waals surface area (Å²) in [5, 5.41) is 6.32. The van der Waals surface area contributed by atoms with Gasteiger partial charge < -0.3 is 25.2 Å². The zero-order valence-corrected chi connectivity index (χ0v) is 19.7. The summed E-state index contributed by atoms with van der Waals surface area (Å²) < 4.78 is 5.30. The van der Waals surface area contributed by atoms with Crippen molar-refractivity contribution in [2.45, 2.75) is 52.3 Å². The number of nitrogens with zero attached hydrogens (tertiary/aromatic N) is 4. The van der Waals surface area contributed by atoms with Crippen molar-refractivity contribution in [2.75, 3.05) is 36.0 Å². The molecule has 33 heavy (non-hydrogen) atoms. The fourth-order valence-electron chi connectivity index (χ4n) is 4.56. The summed E-state index contributed by atoms with van der Waals surface area (Å²) >= 11 is 0. The molecule has 1 aromatic carbocycles. The number of piperazine rings is 1. The van der Waals surface area contributed by atoms with E-state index in [-0.39, 0.29) is 24.1 Å². The third kappa shape index (κ3) is 5.08. The second kappa shape index (κ2) is 9.74. The molecule has 2 atom stereocenters. The highest BCUT2D eigenvalue weighted by atomic mass is 16.6. The Morgan fingerprint density at radius 3 is 2.58 bits per heavy atom. The van der Waals surface area contributed by atoms with Crippen molar-refractivity contribution in [1.29, 1.82) is 0 Å². The molecule has 9 nitrogen and oxygen atoms in total. The van der Waals surface area contributed by atoms with Gasteiger partial charge in [0.25, 0.3) is 0 Å². The SMILES string of the molecule is CC(=O)N1c2ccc(-c3cnc(N4CCNCC4)cn3)cc2[C@H](NC(=O)OC(C)C)C[C@@H]1C. The van der Waals surface area contributed by atoms with Crippen LogP contribution in [0.15, 0.2) is 30.6 Å².